The maximum atomic E-state index is 12.5. The van der Waals surface area contributed by atoms with E-state index in [1.807, 2.05) is 0 Å². The van der Waals surface area contributed by atoms with Crippen LogP contribution in [0.2, 0.25) is 5.02 Å². The summed E-state index contributed by atoms with van der Waals surface area (Å²) in [5, 5.41) is 0.345. The zero-order valence-electron chi connectivity index (χ0n) is 11.4. The Balaban J connectivity index is 1.78. The fourth-order valence-corrected chi connectivity index (χ4v) is 2.84. The Labute approximate surface area is 126 Å². The van der Waals surface area contributed by atoms with Crippen LogP contribution in [-0.4, -0.2) is 43.8 Å². The van der Waals surface area contributed by atoms with Crippen LogP contribution in [0, 0.1) is 5.92 Å². The van der Waals surface area contributed by atoms with Crippen LogP contribution in [0.25, 0.3) is 0 Å². The van der Waals surface area contributed by atoms with Gasteiger partial charge < -0.3 is 19.1 Å². The van der Waals surface area contributed by atoms with Crippen LogP contribution in [0.4, 0.5) is 0 Å². The lowest BCUT2D eigenvalue weighted by Crippen LogP contribution is -2.30. The first-order valence-electron chi connectivity index (χ1n) is 6.56. The molecule has 0 spiro atoms. The molecule has 1 fully saturated rings. The second kappa shape index (κ2) is 5.44. The average Bonchev–Trinajstić information content (AvgIpc) is 3.14. The van der Waals surface area contributed by atoms with E-state index in [0.29, 0.717) is 41.6 Å². The molecule has 2 aliphatic rings. The molecule has 0 aromatic heterocycles. The van der Waals surface area contributed by atoms with E-state index >= 15 is 0 Å². The van der Waals surface area contributed by atoms with Crippen molar-refractivity contribution in [3.05, 3.63) is 22.7 Å². The quantitative estimate of drug-likeness (QED) is 0.778. The van der Waals surface area contributed by atoms with Gasteiger partial charge in [-0.25, -0.2) is 0 Å². The molecule has 0 saturated carbocycles. The number of carbonyl (C=O) groups is 2. The van der Waals surface area contributed by atoms with Crippen LogP contribution in [0.5, 0.6) is 11.5 Å². The summed E-state index contributed by atoms with van der Waals surface area (Å²) in [6.45, 7) is 0.975. The van der Waals surface area contributed by atoms with Gasteiger partial charge >= 0.3 is 5.97 Å². The molecule has 21 heavy (non-hydrogen) atoms. The van der Waals surface area contributed by atoms with E-state index in [4.69, 9.17) is 25.8 Å². The van der Waals surface area contributed by atoms with E-state index in [9.17, 15) is 9.59 Å². The highest BCUT2D eigenvalue weighted by molar-refractivity contribution is 6.32. The maximum Gasteiger partial charge on any atom is 0.310 e. The zero-order valence-corrected chi connectivity index (χ0v) is 12.2. The molecule has 1 unspecified atom stereocenters. The second-order valence-corrected chi connectivity index (χ2v) is 5.36. The van der Waals surface area contributed by atoms with Crippen LogP contribution in [-0.2, 0) is 9.53 Å². The number of likely N-dealkylation sites (tertiary alicyclic amines) is 1. The van der Waals surface area contributed by atoms with E-state index in [1.165, 1.54) is 7.11 Å². The normalized spacial score (nSPS) is 19.7. The first kappa shape index (κ1) is 14.0. The number of fused-ring (bicyclic) bond motifs is 1. The summed E-state index contributed by atoms with van der Waals surface area (Å²) >= 11 is 6.08. The highest BCUT2D eigenvalue weighted by atomic mass is 35.5. The summed E-state index contributed by atoms with van der Waals surface area (Å²) < 4.78 is 15.2. The number of benzene rings is 1. The molecule has 0 aliphatic carbocycles. The average molecular weight is 312 g/mol. The van der Waals surface area contributed by atoms with Gasteiger partial charge in [-0.05, 0) is 18.6 Å². The Bertz CT molecular complexity index is 603. The minimum Gasteiger partial charge on any atom is -0.469 e. The Hall–Kier alpha value is -1.95. The molecule has 1 aromatic carbocycles. The van der Waals surface area contributed by atoms with Crippen molar-refractivity contribution < 1.29 is 23.8 Å². The third-order valence-electron chi connectivity index (χ3n) is 3.68. The molecule has 0 N–H and O–H groups in total. The van der Waals surface area contributed by atoms with E-state index in [-0.39, 0.29) is 24.6 Å². The third kappa shape index (κ3) is 2.51. The van der Waals surface area contributed by atoms with Crippen LogP contribution in [0.1, 0.15) is 16.8 Å². The van der Waals surface area contributed by atoms with Crippen molar-refractivity contribution in [2.45, 2.75) is 6.42 Å². The third-order valence-corrected chi connectivity index (χ3v) is 3.96. The standard InChI is InChI=1S/C14H14ClNO5/c1-19-14(18)8-2-3-16(6-8)13(17)9-4-10(15)12-11(5-9)20-7-21-12/h4-5,8H,2-3,6-7H2,1H3. The smallest absolute Gasteiger partial charge is 0.310 e. The molecule has 2 heterocycles. The molecule has 1 amide bonds. The number of ether oxygens (including phenoxy) is 3. The SMILES string of the molecule is COC(=O)C1CCN(C(=O)c2cc(Cl)c3c(c2)OCO3)C1. The largest absolute Gasteiger partial charge is 0.469 e. The summed E-state index contributed by atoms with van der Waals surface area (Å²) in [6.07, 6.45) is 0.608. The molecule has 0 bridgehead atoms. The number of rotatable bonds is 2. The predicted molar refractivity (Wildman–Crippen MR) is 73.6 cm³/mol. The van der Waals surface area contributed by atoms with Gasteiger partial charge in [0.2, 0.25) is 6.79 Å². The van der Waals surface area contributed by atoms with Crippen LogP contribution in [0.15, 0.2) is 12.1 Å². The molecule has 2 aliphatic heterocycles. The van der Waals surface area contributed by atoms with Crippen LogP contribution < -0.4 is 9.47 Å². The summed E-state index contributed by atoms with van der Waals surface area (Å²) in [4.78, 5) is 25.6. The molecule has 112 valence electrons. The Morgan fingerprint density at radius 1 is 1.38 bits per heavy atom. The Kier molecular flexibility index (Phi) is 3.63. The minimum atomic E-state index is -0.283. The fraction of sp³-hybridized carbons (Fsp3) is 0.429. The topological polar surface area (TPSA) is 65.1 Å². The number of halogens is 1. The van der Waals surface area contributed by atoms with Gasteiger partial charge in [0, 0.05) is 18.7 Å². The molecule has 1 atom stereocenters. The minimum absolute atomic E-state index is 0.0980. The predicted octanol–water partition coefficient (Wildman–Crippen LogP) is 1.70. The lowest BCUT2D eigenvalue weighted by molar-refractivity contribution is -0.144. The van der Waals surface area contributed by atoms with Crippen molar-refractivity contribution in [1.29, 1.82) is 0 Å². The van der Waals surface area contributed by atoms with Gasteiger partial charge in [0.1, 0.15) is 0 Å². The van der Waals surface area contributed by atoms with Crippen LogP contribution in [0.3, 0.4) is 0 Å². The Morgan fingerprint density at radius 2 is 2.19 bits per heavy atom. The molecule has 6 nitrogen and oxygen atoms in total. The summed E-state index contributed by atoms with van der Waals surface area (Å²) in [6, 6.07) is 3.17. The van der Waals surface area contributed by atoms with Gasteiger partial charge in [-0.15, -0.1) is 0 Å². The molecule has 1 aromatic rings. The fourth-order valence-electron chi connectivity index (χ4n) is 2.58. The van der Waals surface area contributed by atoms with Crippen molar-refractivity contribution in [2.24, 2.45) is 5.92 Å². The van der Waals surface area contributed by atoms with Gasteiger partial charge in [-0.2, -0.15) is 0 Å². The van der Waals surface area contributed by atoms with Gasteiger partial charge in [-0.3, -0.25) is 9.59 Å². The number of carbonyl (C=O) groups excluding carboxylic acids is 2. The van der Waals surface area contributed by atoms with Crippen LogP contribution >= 0.6 is 11.6 Å². The summed E-state index contributed by atoms with van der Waals surface area (Å²) in [7, 11) is 1.35. The van der Waals surface area contributed by atoms with Crippen molar-refractivity contribution in [3.63, 3.8) is 0 Å². The Morgan fingerprint density at radius 3 is 2.95 bits per heavy atom. The van der Waals surface area contributed by atoms with Crippen molar-refractivity contribution in [2.75, 3.05) is 27.0 Å². The van der Waals surface area contributed by atoms with Gasteiger partial charge in [-0.1, -0.05) is 11.6 Å². The maximum absolute atomic E-state index is 12.5. The first-order chi connectivity index (χ1) is 10.1. The van der Waals surface area contributed by atoms with Crippen molar-refractivity contribution in [1.82, 2.24) is 4.90 Å². The van der Waals surface area contributed by atoms with Gasteiger partial charge in [0.05, 0.1) is 18.1 Å². The number of nitrogens with zero attached hydrogens (tertiary/aromatic N) is 1. The summed E-state index contributed by atoms with van der Waals surface area (Å²) in [5.41, 5.74) is 0.426. The number of amides is 1. The summed E-state index contributed by atoms with van der Waals surface area (Å²) in [5.74, 6) is 0.204. The molecule has 1 saturated heterocycles. The van der Waals surface area contributed by atoms with Crippen molar-refractivity contribution in [3.8, 4) is 11.5 Å². The van der Waals surface area contributed by atoms with E-state index in [2.05, 4.69) is 0 Å². The van der Waals surface area contributed by atoms with Gasteiger partial charge in [0.15, 0.2) is 11.5 Å². The monoisotopic (exact) mass is 311 g/mol. The lowest BCUT2D eigenvalue weighted by atomic mass is 10.1. The zero-order chi connectivity index (χ0) is 15.0. The number of methoxy groups -OCH3 is 1. The molecular weight excluding hydrogens is 298 g/mol. The van der Waals surface area contributed by atoms with Gasteiger partial charge in [0.25, 0.3) is 5.91 Å². The van der Waals surface area contributed by atoms with Crippen molar-refractivity contribution >= 4 is 23.5 Å². The van der Waals surface area contributed by atoms with E-state index in [1.54, 1.807) is 17.0 Å². The highest BCUT2D eigenvalue weighted by Gasteiger charge is 2.33. The number of esters is 1. The molecule has 0 radical (unpaired) electrons. The molecule has 7 heteroatoms. The molecule has 3 rings (SSSR count). The first-order valence-corrected chi connectivity index (χ1v) is 6.94. The highest BCUT2D eigenvalue weighted by Crippen LogP contribution is 2.40. The second-order valence-electron chi connectivity index (χ2n) is 4.95. The van der Waals surface area contributed by atoms with E-state index < -0.39 is 0 Å². The number of hydrogen-bond donors (Lipinski definition) is 0. The van der Waals surface area contributed by atoms with E-state index in [0.717, 1.165) is 0 Å². The number of hydrogen-bond acceptors (Lipinski definition) is 5. The molecular formula is C14H14ClNO5. The lowest BCUT2D eigenvalue weighted by Gasteiger charge is -2.16.